The number of nitrogens with one attached hydrogen (secondary N) is 2. The minimum Gasteiger partial charge on any atom is -0.493 e. The van der Waals surface area contributed by atoms with Crippen molar-refractivity contribution < 1.29 is 18.8 Å². The van der Waals surface area contributed by atoms with Crippen LogP contribution in [0.3, 0.4) is 0 Å². The van der Waals surface area contributed by atoms with Crippen LogP contribution in [0.4, 0.5) is 4.79 Å². The van der Waals surface area contributed by atoms with Crippen LogP contribution in [-0.2, 0) is 6.42 Å². The van der Waals surface area contributed by atoms with Gasteiger partial charge in [0.05, 0.1) is 19.8 Å². The second-order valence-electron chi connectivity index (χ2n) is 6.74. The Labute approximate surface area is 185 Å². The Hall–Kier alpha value is -3.26. The molecule has 164 valence electrons. The molecule has 2 amide bonds. The first-order chi connectivity index (χ1) is 15.0. The summed E-state index contributed by atoms with van der Waals surface area (Å²) in [6.45, 7) is 4.70. The first-order valence-electron chi connectivity index (χ1n) is 9.93. The lowest BCUT2D eigenvalue weighted by molar-refractivity contribution is 0.237. The zero-order chi connectivity index (χ0) is 22.2. The van der Waals surface area contributed by atoms with Gasteiger partial charge in [-0.1, -0.05) is 35.0 Å². The standard InChI is InChI=1S/C22H25ClN4O4/c1-4-30-18-9-8-15(13-19(18)29-3)14(2)25-22(28)24-11-10-20-26-21(27-31-20)16-6-5-7-17(23)12-16/h5-9,12-14H,4,10-11H2,1-3H3,(H2,24,25,28). The van der Waals surface area contributed by atoms with Gasteiger partial charge in [0, 0.05) is 23.6 Å². The van der Waals surface area contributed by atoms with Gasteiger partial charge in [0.2, 0.25) is 11.7 Å². The topological polar surface area (TPSA) is 98.5 Å². The summed E-state index contributed by atoms with van der Waals surface area (Å²) in [6, 6.07) is 12.3. The van der Waals surface area contributed by atoms with Gasteiger partial charge >= 0.3 is 6.03 Å². The summed E-state index contributed by atoms with van der Waals surface area (Å²) >= 11 is 5.99. The van der Waals surface area contributed by atoms with E-state index in [0.29, 0.717) is 47.8 Å². The van der Waals surface area contributed by atoms with E-state index in [9.17, 15) is 4.79 Å². The van der Waals surface area contributed by atoms with Crippen molar-refractivity contribution in [1.29, 1.82) is 0 Å². The Morgan fingerprint density at radius 2 is 2.06 bits per heavy atom. The summed E-state index contributed by atoms with van der Waals surface area (Å²) in [6.07, 6.45) is 0.409. The molecule has 0 saturated carbocycles. The fraction of sp³-hybridized carbons (Fsp3) is 0.318. The van der Waals surface area contributed by atoms with E-state index in [2.05, 4.69) is 20.8 Å². The number of carbonyl (C=O) groups excluding carboxylic acids is 1. The third kappa shape index (κ3) is 6.11. The van der Waals surface area contributed by atoms with Crippen LogP contribution in [-0.4, -0.2) is 36.4 Å². The summed E-state index contributed by atoms with van der Waals surface area (Å²) < 4.78 is 16.1. The maximum Gasteiger partial charge on any atom is 0.315 e. The molecule has 0 radical (unpaired) electrons. The van der Waals surface area contributed by atoms with Crippen LogP contribution in [0.5, 0.6) is 11.5 Å². The maximum atomic E-state index is 12.2. The fourth-order valence-electron chi connectivity index (χ4n) is 2.94. The summed E-state index contributed by atoms with van der Waals surface area (Å²) in [4.78, 5) is 16.6. The molecule has 0 aliphatic carbocycles. The number of hydrogen-bond donors (Lipinski definition) is 2. The third-order valence-corrected chi connectivity index (χ3v) is 4.75. The number of hydrogen-bond acceptors (Lipinski definition) is 6. The Morgan fingerprint density at radius 3 is 2.81 bits per heavy atom. The number of aromatic nitrogens is 2. The molecule has 2 N–H and O–H groups in total. The number of urea groups is 1. The first kappa shape index (κ1) is 22.4. The van der Waals surface area contributed by atoms with Crippen molar-refractivity contribution in [1.82, 2.24) is 20.8 Å². The van der Waals surface area contributed by atoms with E-state index >= 15 is 0 Å². The first-order valence-corrected chi connectivity index (χ1v) is 10.3. The minimum atomic E-state index is -0.296. The van der Waals surface area contributed by atoms with Gasteiger partial charge in [0.25, 0.3) is 0 Å². The molecule has 1 aromatic heterocycles. The van der Waals surface area contributed by atoms with Crippen LogP contribution in [0, 0.1) is 0 Å². The van der Waals surface area contributed by atoms with Crippen molar-refractivity contribution in [3.05, 3.63) is 58.9 Å². The molecule has 0 aliphatic rings. The van der Waals surface area contributed by atoms with Crippen LogP contribution >= 0.6 is 11.6 Å². The van der Waals surface area contributed by atoms with Gasteiger partial charge in [0.1, 0.15) is 0 Å². The van der Waals surface area contributed by atoms with Gasteiger partial charge in [-0.15, -0.1) is 0 Å². The van der Waals surface area contributed by atoms with Gasteiger partial charge in [-0.3, -0.25) is 0 Å². The Morgan fingerprint density at radius 1 is 1.23 bits per heavy atom. The second kappa shape index (κ2) is 10.7. The molecule has 3 rings (SSSR count). The van der Waals surface area contributed by atoms with Crippen LogP contribution < -0.4 is 20.1 Å². The highest BCUT2D eigenvalue weighted by atomic mass is 35.5. The van der Waals surface area contributed by atoms with Crippen LogP contribution in [0.2, 0.25) is 5.02 Å². The number of halogens is 1. The molecule has 0 fully saturated rings. The van der Waals surface area contributed by atoms with E-state index in [0.717, 1.165) is 11.1 Å². The molecule has 0 aliphatic heterocycles. The fourth-order valence-corrected chi connectivity index (χ4v) is 3.13. The average molecular weight is 445 g/mol. The number of nitrogens with zero attached hydrogens (tertiary/aromatic N) is 2. The highest BCUT2D eigenvalue weighted by Gasteiger charge is 2.14. The highest BCUT2D eigenvalue weighted by molar-refractivity contribution is 6.30. The smallest absolute Gasteiger partial charge is 0.315 e. The SMILES string of the molecule is CCOc1ccc(C(C)NC(=O)NCCc2nc(-c3cccc(Cl)c3)no2)cc1OC. The second-order valence-corrected chi connectivity index (χ2v) is 7.17. The highest BCUT2D eigenvalue weighted by Crippen LogP contribution is 2.30. The van der Waals surface area contributed by atoms with Gasteiger partial charge in [-0.05, 0) is 43.7 Å². The number of methoxy groups -OCH3 is 1. The number of ether oxygens (including phenoxy) is 2. The third-order valence-electron chi connectivity index (χ3n) is 4.51. The summed E-state index contributed by atoms with van der Waals surface area (Å²) in [5.41, 5.74) is 1.67. The van der Waals surface area contributed by atoms with E-state index in [4.69, 9.17) is 25.6 Å². The van der Waals surface area contributed by atoms with Crippen molar-refractivity contribution in [3.63, 3.8) is 0 Å². The Bertz CT molecular complexity index is 1020. The van der Waals surface area contributed by atoms with E-state index in [1.807, 2.05) is 44.2 Å². The number of carbonyl (C=O) groups is 1. The lowest BCUT2D eigenvalue weighted by atomic mass is 10.1. The molecule has 2 aromatic carbocycles. The van der Waals surface area contributed by atoms with Gasteiger partial charge in [0.15, 0.2) is 11.5 Å². The average Bonchev–Trinajstić information content (AvgIpc) is 3.23. The zero-order valence-electron chi connectivity index (χ0n) is 17.6. The predicted octanol–water partition coefficient (Wildman–Crippen LogP) is 4.40. The summed E-state index contributed by atoms with van der Waals surface area (Å²) in [5.74, 6) is 2.18. The van der Waals surface area contributed by atoms with E-state index in [-0.39, 0.29) is 12.1 Å². The molecule has 1 heterocycles. The van der Waals surface area contributed by atoms with Crippen molar-refractivity contribution in [2.75, 3.05) is 20.3 Å². The maximum absolute atomic E-state index is 12.2. The van der Waals surface area contributed by atoms with Crippen LogP contribution in [0.1, 0.15) is 31.3 Å². The van der Waals surface area contributed by atoms with Gasteiger partial charge in [-0.2, -0.15) is 4.98 Å². The van der Waals surface area contributed by atoms with Gasteiger partial charge < -0.3 is 24.6 Å². The molecule has 0 bridgehead atoms. The quantitative estimate of drug-likeness (QED) is 0.507. The van der Waals surface area contributed by atoms with Crippen molar-refractivity contribution in [3.8, 4) is 22.9 Å². The lowest BCUT2D eigenvalue weighted by Crippen LogP contribution is -2.38. The molecular weight excluding hydrogens is 420 g/mol. The molecule has 8 nitrogen and oxygen atoms in total. The number of benzene rings is 2. The lowest BCUT2D eigenvalue weighted by Gasteiger charge is -2.17. The van der Waals surface area contributed by atoms with E-state index < -0.39 is 0 Å². The normalized spacial score (nSPS) is 11.6. The molecular formula is C22H25ClN4O4. The number of rotatable bonds is 9. The molecule has 0 spiro atoms. The van der Waals surface area contributed by atoms with Gasteiger partial charge in [-0.25, -0.2) is 4.79 Å². The molecule has 1 atom stereocenters. The van der Waals surface area contributed by atoms with E-state index in [1.54, 1.807) is 19.2 Å². The summed E-state index contributed by atoms with van der Waals surface area (Å²) in [5, 5.41) is 10.2. The van der Waals surface area contributed by atoms with Crippen molar-refractivity contribution in [2.45, 2.75) is 26.3 Å². The Balaban J connectivity index is 1.49. The minimum absolute atomic E-state index is 0.220. The monoisotopic (exact) mass is 444 g/mol. The molecule has 1 unspecified atom stereocenters. The largest absolute Gasteiger partial charge is 0.493 e. The molecule has 31 heavy (non-hydrogen) atoms. The van der Waals surface area contributed by atoms with Crippen molar-refractivity contribution >= 4 is 17.6 Å². The molecule has 0 saturated heterocycles. The predicted molar refractivity (Wildman–Crippen MR) is 118 cm³/mol. The van der Waals surface area contributed by atoms with Crippen LogP contribution in [0.25, 0.3) is 11.4 Å². The number of amides is 2. The van der Waals surface area contributed by atoms with Crippen molar-refractivity contribution in [2.24, 2.45) is 0 Å². The summed E-state index contributed by atoms with van der Waals surface area (Å²) in [7, 11) is 1.59. The van der Waals surface area contributed by atoms with E-state index in [1.165, 1.54) is 0 Å². The molecule has 9 heteroatoms. The van der Waals surface area contributed by atoms with Crippen LogP contribution in [0.15, 0.2) is 47.0 Å². The Kier molecular flexibility index (Phi) is 7.72. The zero-order valence-corrected chi connectivity index (χ0v) is 18.4. The molecule has 3 aromatic rings.